The lowest BCUT2D eigenvalue weighted by Gasteiger charge is -2.17. The van der Waals surface area contributed by atoms with Crippen molar-refractivity contribution in [1.82, 2.24) is 15.2 Å². The van der Waals surface area contributed by atoms with Gasteiger partial charge in [-0.3, -0.25) is 9.69 Å². The van der Waals surface area contributed by atoms with Crippen LogP contribution in [0.25, 0.3) is 10.9 Å². The number of nitrogens with one attached hydrogen (secondary N) is 2. The summed E-state index contributed by atoms with van der Waals surface area (Å²) in [6.07, 6.45) is 2.80. The average molecular weight is 390 g/mol. The number of aromatic amines is 1. The van der Waals surface area contributed by atoms with Crippen molar-refractivity contribution in [2.45, 2.75) is 13.0 Å². The van der Waals surface area contributed by atoms with Crippen LogP contribution in [0.15, 0.2) is 48.7 Å². The zero-order valence-electron chi connectivity index (χ0n) is 14.6. The maximum absolute atomic E-state index is 12.2. The van der Waals surface area contributed by atoms with Gasteiger partial charge in [0.15, 0.2) is 0 Å². The third-order valence-corrected chi connectivity index (χ3v) is 5.13. The highest BCUT2D eigenvalue weighted by Gasteiger charge is 2.11. The number of nitrogens with zero attached hydrogens (tertiary/aromatic N) is 1. The number of likely N-dealkylation sites (N-methyl/N-ethyl adjacent to an activating group) is 1. The molecule has 3 rings (SSSR count). The highest BCUT2D eigenvalue weighted by molar-refractivity contribution is 6.42. The molecule has 2 N–H and O–H groups in total. The quantitative estimate of drug-likeness (QED) is 0.633. The van der Waals surface area contributed by atoms with Crippen molar-refractivity contribution in [3.8, 4) is 0 Å². The Morgan fingerprint density at radius 3 is 2.77 bits per heavy atom. The van der Waals surface area contributed by atoms with Gasteiger partial charge in [0.25, 0.3) is 0 Å². The molecule has 0 bridgehead atoms. The Morgan fingerprint density at radius 1 is 1.12 bits per heavy atom. The van der Waals surface area contributed by atoms with E-state index in [2.05, 4.69) is 16.4 Å². The molecular formula is C20H21Cl2N3O. The third-order valence-electron chi connectivity index (χ3n) is 4.28. The average Bonchev–Trinajstić information content (AvgIpc) is 3.02. The van der Waals surface area contributed by atoms with Gasteiger partial charge in [0, 0.05) is 30.2 Å². The number of hydrogen-bond acceptors (Lipinski definition) is 2. The van der Waals surface area contributed by atoms with E-state index >= 15 is 0 Å². The van der Waals surface area contributed by atoms with Crippen LogP contribution in [0.5, 0.6) is 0 Å². The first-order valence-electron chi connectivity index (χ1n) is 8.47. The Hall–Kier alpha value is -2.01. The molecule has 3 aromatic rings. The van der Waals surface area contributed by atoms with E-state index in [-0.39, 0.29) is 5.91 Å². The van der Waals surface area contributed by atoms with Gasteiger partial charge in [-0.25, -0.2) is 0 Å². The minimum absolute atomic E-state index is 0.00880. The van der Waals surface area contributed by atoms with Crippen molar-refractivity contribution >= 4 is 40.0 Å². The van der Waals surface area contributed by atoms with Gasteiger partial charge in [-0.1, -0.05) is 53.5 Å². The fourth-order valence-electron chi connectivity index (χ4n) is 2.99. The van der Waals surface area contributed by atoms with Crippen molar-refractivity contribution < 1.29 is 4.79 Å². The SMILES string of the molecule is CN(CC(=O)NCCc1c[nH]c2ccccc12)Cc1cccc(Cl)c1Cl. The largest absolute Gasteiger partial charge is 0.361 e. The molecule has 2 aromatic carbocycles. The van der Waals surface area contributed by atoms with Crippen LogP contribution in [0.1, 0.15) is 11.1 Å². The number of benzene rings is 2. The summed E-state index contributed by atoms with van der Waals surface area (Å²) in [5, 5.41) is 5.25. The van der Waals surface area contributed by atoms with Crippen LogP contribution >= 0.6 is 23.2 Å². The predicted molar refractivity (Wildman–Crippen MR) is 108 cm³/mol. The van der Waals surface area contributed by atoms with Crippen LogP contribution in [0.3, 0.4) is 0 Å². The summed E-state index contributed by atoms with van der Waals surface area (Å²) >= 11 is 12.2. The van der Waals surface area contributed by atoms with Crippen LogP contribution in [0.4, 0.5) is 0 Å². The minimum atomic E-state index is -0.00880. The maximum Gasteiger partial charge on any atom is 0.234 e. The molecule has 0 fully saturated rings. The van der Waals surface area contributed by atoms with E-state index in [4.69, 9.17) is 23.2 Å². The first-order chi connectivity index (χ1) is 12.5. The van der Waals surface area contributed by atoms with Crippen molar-refractivity contribution in [3.63, 3.8) is 0 Å². The molecule has 4 nitrogen and oxygen atoms in total. The van der Waals surface area contributed by atoms with E-state index < -0.39 is 0 Å². The fraction of sp³-hybridized carbons (Fsp3) is 0.250. The van der Waals surface area contributed by atoms with Crippen LogP contribution in [-0.2, 0) is 17.8 Å². The third kappa shape index (κ3) is 4.58. The summed E-state index contributed by atoms with van der Waals surface area (Å²) in [6.45, 7) is 1.47. The van der Waals surface area contributed by atoms with Gasteiger partial charge < -0.3 is 10.3 Å². The van der Waals surface area contributed by atoms with E-state index in [1.54, 1.807) is 6.07 Å². The molecule has 1 amide bonds. The van der Waals surface area contributed by atoms with Crippen LogP contribution in [-0.4, -0.2) is 35.9 Å². The standard InChI is InChI=1S/C20H21Cl2N3O/c1-25(12-15-5-4-7-17(21)20(15)22)13-19(26)23-10-9-14-11-24-18-8-3-2-6-16(14)18/h2-8,11,24H,9-10,12-13H2,1H3,(H,23,26). The summed E-state index contributed by atoms with van der Waals surface area (Å²) in [5.74, 6) is -0.00880. The second kappa shape index (κ2) is 8.58. The smallest absolute Gasteiger partial charge is 0.234 e. The molecule has 0 atom stereocenters. The maximum atomic E-state index is 12.2. The Morgan fingerprint density at radius 2 is 1.92 bits per heavy atom. The van der Waals surface area contributed by atoms with Crippen LogP contribution in [0.2, 0.25) is 10.0 Å². The molecule has 0 saturated heterocycles. The van der Waals surface area contributed by atoms with Crippen molar-refractivity contribution in [3.05, 3.63) is 69.8 Å². The first-order valence-corrected chi connectivity index (χ1v) is 9.23. The van der Waals surface area contributed by atoms with E-state index in [0.29, 0.717) is 29.7 Å². The molecule has 1 heterocycles. The van der Waals surface area contributed by atoms with E-state index in [9.17, 15) is 4.79 Å². The number of aromatic nitrogens is 1. The number of para-hydroxylation sites is 1. The number of amides is 1. The zero-order chi connectivity index (χ0) is 18.5. The molecule has 26 heavy (non-hydrogen) atoms. The number of carbonyl (C=O) groups is 1. The van der Waals surface area contributed by atoms with Crippen LogP contribution < -0.4 is 5.32 Å². The molecule has 6 heteroatoms. The number of carbonyl (C=O) groups excluding carboxylic acids is 1. The van der Waals surface area contributed by atoms with Crippen molar-refractivity contribution in [1.29, 1.82) is 0 Å². The second-order valence-corrected chi connectivity index (χ2v) is 7.13. The molecule has 1 aromatic heterocycles. The molecule has 0 spiro atoms. The Bertz CT molecular complexity index is 907. The van der Waals surface area contributed by atoms with E-state index in [1.807, 2.05) is 48.5 Å². The topological polar surface area (TPSA) is 48.1 Å². The summed E-state index contributed by atoms with van der Waals surface area (Å²) in [5.41, 5.74) is 3.24. The summed E-state index contributed by atoms with van der Waals surface area (Å²) in [7, 11) is 1.89. The normalized spacial score (nSPS) is 11.2. The van der Waals surface area contributed by atoms with Gasteiger partial charge >= 0.3 is 0 Å². The van der Waals surface area contributed by atoms with E-state index in [1.165, 1.54) is 10.9 Å². The Balaban J connectivity index is 1.47. The zero-order valence-corrected chi connectivity index (χ0v) is 16.1. The fourth-order valence-corrected chi connectivity index (χ4v) is 3.37. The molecular weight excluding hydrogens is 369 g/mol. The first kappa shape index (κ1) is 18.8. The van der Waals surface area contributed by atoms with Crippen molar-refractivity contribution in [2.75, 3.05) is 20.1 Å². The van der Waals surface area contributed by atoms with Gasteiger partial charge in [0.1, 0.15) is 0 Å². The van der Waals surface area contributed by atoms with Gasteiger partial charge in [-0.2, -0.15) is 0 Å². The second-order valence-electron chi connectivity index (χ2n) is 6.34. The Labute approximate surface area is 163 Å². The number of H-pyrrole nitrogens is 1. The lowest BCUT2D eigenvalue weighted by atomic mass is 10.1. The molecule has 0 aliphatic heterocycles. The number of fused-ring (bicyclic) bond motifs is 1. The predicted octanol–water partition coefficient (Wildman–Crippen LogP) is 4.27. The number of rotatable bonds is 7. The molecule has 136 valence electrons. The lowest BCUT2D eigenvalue weighted by Crippen LogP contribution is -2.35. The highest BCUT2D eigenvalue weighted by atomic mass is 35.5. The highest BCUT2D eigenvalue weighted by Crippen LogP contribution is 2.26. The number of hydrogen-bond donors (Lipinski definition) is 2. The monoisotopic (exact) mass is 389 g/mol. The van der Waals surface area contributed by atoms with Gasteiger partial charge in [0.2, 0.25) is 5.91 Å². The minimum Gasteiger partial charge on any atom is -0.361 e. The molecule has 0 saturated carbocycles. The molecule has 0 unspecified atom stereocenters. The van der Waals surface area contributed by atoms with Crippen molar-refractivity contribution in [2.24, 2.45) is 0 Å². The molecule has 0 aliphatic rings. The lowest BCUT2D eigenvalue weighted by molar-refractivity contribution is -0.122. The van der Waals surface area contributed by atoms with Gasteiger partial charge in [-0.15, -0.1) is 0 Å². The summed E-state index contributed by atoms with van der Waals surface area (Å²) < 4.78 is 0. The summed E-state index contributed by atoms with van der Waals surface area (Å²) in [4.78, 5) is 17.3. The molecule has 0 aliphatic carbocycles. The van der Waals surface area contributed by atoms with Gasteiger partial charge in [-0.05, 0) is 36.7 Å². The van der Waals surface area contributed by atoms with E-state index in [0.717, 1.165) is 17.5 Å². The van der Waals surface area contributed by atoms with Gasteiger partial charge in [0.05, 0.1) is 16.6 Å². The summed E-state index contributed by atoms with van der Waals surface area (Å²) in [6, 6.07) is 13.7. The van der Waals surface area contributed by atoms with Crippen LogP contribution in [0, 0.1) is 0 Å². The number of halogens is 2. The molecule has 0 radical (unpaired) electrons. The Kier molecular flexibility index (Phi) is 6.20.